The third-order valence-electron chi connectivity index (χ3n) is 3.90. The third-order valence-corrected chi connectivity index (χ3v) is 3.90. The van der Waals surface area contributed by atoms with Gasteiger partial charge in [0.1, 0.15) is 0 Å². The summed E-state index contributed by atoms with van der Waals surface area (Å²) >= 11 is 0. The van der Waals surface area contributed by atoms with Crippen LogP contribution in [0.15, 0.2) is 0 Å². The van der Waals surface area contributed by atoms with E-state index in [2.05, 4.69) is 31.0 Å². The molecule has 1 amide bonds. The highest BCUT2D eigenvalue weighted by atomic mass is 16.2. The van der Waals surface area contributed by atoms with E-state index in [0.717, 1.165) is 19.5 Å². The van der Waals surface area contributed by atoms with Crippen molar-refractivity contribution in [3.63, 3.8) is 0 Å². The molecule has 0 aromatic heterocycles. The van der Waals surface area contributed by atoms with Crippen LogP contribution in [0.25, 0.3) is 0 Å². The van der Waals surface area contributed by atoms with Crippen LogP contribution in [0.2, 0.25) is 0 Å². The van der Waals surface area contributed by atoms with Gasteiger partial charge < -0.3 is 10.2 Å². The van der Waals surface area contributed by atoms with Gasteiger partial charge in [0.25, 0.3) is 0 Å². The summed E-state index contributed by atoms with van der Waals surface area (Å²) in [7, 11) is 0. The van der Waals surface area contributed by atoms with Crippen molar-refractivity contribution in [2.75, 3.05) is 13.1 Å². The number of carbonyl (C=O) groups excluding carboxylic acids is 1. The molecule has 2 rings (SSSR count). The minimum atomic E-state index is -0.296. The summed E-state index contributed by atoms with van der Waals surface area (Å²) in [5, 5.41) is 3.44. The van der Waals surface area contributed by atoms with Crippen LogP contribution in [-0.4, -0.2) is 35.5 Å². The molecule has 0 bridgehead atoms. The lowest BCUT2D eigenvalue weighted by molar-refractivity contribution is -0.140. The molecule has 2 fully saturated rings. The van der Waals surface area contributed by atoms with E-state index in [9.17, 15) is 4.79 Å². The highest BCUT2D eigenvalue weighted by Gasteiger charge is 2.42. The van der Waals surface area contributed by atoms with Crippen LogP contribution in [0.3, 0.4) is 0 Å². The van der Waals surface area contributed by atoms with Gasteiger partial charge in [-0.3, -0.25) is 4.79 Å². The Hall–Kier alpha value is -0.570. The Labute approximate surface area is 105 Å². The van der Waals surface area contributed by atoms with Crippen molar-refractivity contribution < 1.29 is 4.79 Å². The van der Waals surface area contributed by atoms with Gasteiger partial charge in [-0.05, 0) is 51.5 Å². The Morgan fingerprint density at radius 3 is 2.59 bits per heavy atom. The standard InChI is InChI=1S/C14H26N2O/c1-11(2)10-16(12-6-7-12)13(17)14(3)8-4-5-9-15-14/h11-12,15H,4-10H2,1-3H3. The summed E-state index contributed by atoms with van der Waals surface area (Å²) in [6.45, 7) is 8.38. The highest BCUT2D eigenvalue weighted by Crippen LogP contribution is 2.31. The monoisotopic (exact) mass is 238 g/mol. The van der Waals surface area contributed by atoms with Crippen molar-refractivity contribution in [2.24, 2.45) is 5.92 Å². The number of rotatable bonds is 4. The molecule has 17 heavy (non-hydrogen) atoms. The van der Waals surface area contributed by atoms with Gasteiger partial charge in [-0.25, -0.2) is 0 Å². The Morgan fingerprint density at radius 2 is 2.12 bits per heavy atom. The molecule has 2 aliphatic rings. The molecule has 1 saturated heterocycles. The maximum Gasteiger partial charge on any atom is 0.242 e. The second-order valence-electron chi connectivity index (χ2n) is 6.30. The molecule has 1 aliphatic heterocycles. The van der Waals surface area contributed by atoms with E-state index in [1.54, 1.807) is 0 Å². The van der Waals surface area contributed by atoms with Crippen molar-refractivity contribution in [2.45, 2.75) is 64.5 Å². The van der Waals surface area contributed by atoms with Crippen LogP contribution in [0.1, 0.15) is 52.9 Å². The fourth-order valence-electron chi connectivity index (χ4n) is 2.73. The molecule has 0 aromatic rings. The lowest BCUT2D eigenvalue weighted by Crippen LogP contribution is -2.59. The lowest BCUT2D eigenvalue weighted by Gasteiger charge is -2.38. The SMILES string of the molecule is CC(C)CN(C(=O)C1(C)CCCCN1)C1CC1. The maximum atomic E-state index is 12.7. The van der Waals surface area contributed by atoms with Crippen molar-refractivity contribution in [3.8, 4) is 0 Å². The van der Waals surface area contributed by atoms with Crippen LogP contribution in [-0.2, 0) is 4.79 Å². The molecular formula is C14H26N2O. The predicted octanol–water partition coefficient (Wildman–Crippen LogP) is 2.17. The molecule has 0 radical (unpaired) electrons. The molecule has 1 N–H and O–H groups in total. The number of hydrogen-bond acceptors (Lipinski definition) is 2. The summed E-state index contributed by atoms with van der Waals surface area (Å²) in [5.41, 5.74) is -0.296. The van der Waals surface area contributed by atoms with Gasteiger partial charge in [0.2, 0.25) is 5.91 Å². The van der Waals surface area contributed by atoms with Crippen LogP contribution < -0.4 is 5.32 Å². The van der Waals surface area contributed by atoms with Crippen LogP contribution >= 0.6 is 0 Å². The molecule has 1 aliphatic carbocycles. The molecule has 1 heterocycles. The second kappa shape index (κ2) is 4.97. The number of nitrogens with zero attached hydrogens (tertiary/aromatic N) is 1. The fraction of sp³-hybridized carbons (Fsp3) is 0.929. The number of hydrogen-bond donors (Lipinski definition) is 1. The first-order chi connectivity index (χ1) is 8.03. The molecule has 0 spiro atoms. The van der Waals surface area contributed by atoms with Crippen molar-refractivity contribution in [3.05, 3.63) is 0 Å². The van der Waals surface area contributed by atoms with E-state index in [4.69, 9.17) is 0 Å². The zero-order chi connectivity index (χ0) is 12.5. The average molecular weight is 238 g/mol. The van der Waals surface area contributed by atoms with E-state index in [0.29, 0.717) is 17.9 Å². The number of nitrogens with one attached hydrogen (secondary N) is 1. The molecule has 3 heteroatoms. The Balaban J connectivity index is 2.04. The zero-order valence-corrected chi connectivity index (χ0v) is 11.5. The van der Waals surface area contributed by atoms with Gasteiger partial charge in [0.15, 0.2) is 0 Å². The molecule has 1 saturated carbocycles. The largest absolute Gasteiger partial charge is 0.338 e. The summed E-state index contributed by atoms with van der Waals surface area (Å²) in [6.07, 6.45) is 5.78. The van der Waals surface area contributed by atoms with Crippen molar-refractivity contribution >= 4 is 5.91 Å². The Bertz CT molecular complexity index is 278. The normalized spacial score (nSPS) is 29.4. The minimum Gasteiger partial charge on any atom is -0.338 e. The highest BCUT2D eigenvalue weighted by molar-refractivity contribution is 5.86. The van der Waals surface area contributed by atoms with E-state index < -0.39 is 0 Å². The quantitative estimate of drug-likeness (QED) is 0.814. The zero-order valence-electron chi connectivity index (χ0n) is 11.5. The van der Waals surface area contributed by atoms with Gasteiger partial charge in [-0.1, -0.05) is 13.8 Å². The summed E-state index contributed by atoms with van der Waals surface area (Å²) in [4.78, 5) is 14.8. The topological polar surface area (TPSA) is 32.3 Å². The Kier molecular flexibility index (Phi) is 3.76. The van der Waals surface area contributed by atoms with Crippen molar-refractivity contribution in [1.29, 1.82) is 0 Å². The first-order valence-corrected chi connectivity index (χ1v) is 7.09. The first kappa shape index (κ1) is 12.9. The average Bonchev–Trinajstić information content (AvgIpc) is 3.09. The molecule has 1 atom stereocenters. The first-order valence-electron chi connectivity index (χ1n) is 7.09. The number of piperidine rings is 1. The number of carbonyl (C=O) groups is 1. The van der Waals surface area contributed by atoms with E-state index in [-0.39, 0.29) is 5.54 Å². The maximum absolute atomic E-state index is 12.7. The minimum absolute atomic E-state index is 0.296. The second-order valence-corrected chi connectivity index (χ2v) is 6.30. The summed E-state index contributed by atoms with van der Waals surface area (Å²) in [5.74, 6) is 0.903. The molecule has 98 valence electrons. The van der Waals surface area contributed by atoms with Gasteiger partial charge in [-0.15, -0.1) is 0 Å². The van der Waals surface area contributed by atoms with Gasteiger partial charge in [-0.2, -0.15) is 0 Å². The van der Waals surface area contributed by atoms with E-state index >= 15 is 0 Å². The molecule has 0 aromatic carbocycles. The fourth-order valence-corrected chi connectivity index (χ4v) is 2.73. The van der Waals surface area contributed by atoms with E-state index in [1.807, 2.05) is 0 Å². The Morgan fingerprint density at radius 1 is 1.41 bits per heavy atom. The molecular weight excluding hydrogens is 212 g/mol. The summed E-state index contributed by atoms with van der Waals surface area (Å²) < 4.78 is 0. The molecule has 1 unspecified atom stereocenters. The van der Waals surface area contributed by atoms with E-state index in [1.165, 1.54) is 25.7 Å². The smallest absolute Gasteiger partial charge is 0.242 e. The van der Waals surface area contributed by atoms with Gasteiger partial charge in [0, 0.05) is 12.6 Å². The third kappa shape index (κ3) is 3.01. The van der Waals surface area contributed by atoms with Crippen LogP contribution in [0, 0.1) is 5.92 Å². The predicted molar refractivity (Wildman–Crippen MR) is 69.8 cm³/mol. The van der Waals surface area contributed by atoms with Gasteiger partial charge in [0.05, 0.1) is 5.54 Å². The summed E-state index contributed by atoms with van der Waals surface area (Å²) in [6, 6.07) is 0.533. The van der Waals surface area contributed by atoms with Gasteiger partial charge >= 0.3 is 0 Å². The lowest BCUT2D eigenvalue weighted by atomic mass is 9.89. The van der Waals surface area contributed by atoms with Crippen molar-refractivity contribution in [1.82, 2.24) is 10.2 Å². The van der Waals surface area contributed by atoms with Crippen LogP contribution in [0.4, 0.5) is 0 Å². The number of amides is 1. The molecule has 3 nitrogen and oxygen atoms in total. The van der Waals surface area contributed by atoms with Crippen LogP contribution in [0.5, 0.6) is 0 Å².